The smallest absolute Gasteiger partial charge is 0.364 e. The van der Waals surface area contributed by atoms with E-state index in [2.05, 4.69) is 31.2 Å². The summed E-state index contributed by atoms with van der Waals surface area (Å²) < 4.78 is 36.8. The van der Waals surface area contributed by atoms with Crippen molar-refractivity contribution in [2.24, 2.45) is 0 Å². The number of amides is 1. The summed E-state index contributed by atoms with van der Waals surface area (Å²) in [4.78, 5) is 26.8. The van der Waals surface area contributed by atoms with Crippen LogP contribution < -0.4 is 15.5 Å². The summed E-state index contributed by atoms with van der Waals surface area (Å²) in [6, 6.07) is 10.9. The lowest BCUT2D eigenvalue weighted by atomic mass is 10.0. The molecule has 4 rings (SSSR count). The molecule has 11 heteroatoms. The number of nitriles is 1. The molecule has 8 nitrogen and oxygen atoms in total. The fraction of sp³-hybridized carbons (Fsp3) is 0.261. The van der Waals surface area contributed by atoms with Crippen LogP contribution in [0.25, 0.3) is 0 Å². The zero-order valence-electron chi connectivity index (χ0n) is 18.1. The SMILES string of the molecule is Cc1ccc(N2CCc3c(ncnc3Nc3ccc(C(=O)NCC(F)(F)F)cn3)C2)c(C#N)c1. The first kappa shape index (κ1) is 23.0. The molecule has 0 radical (unpaired) electrons. The van der Waals surface area contributed by atoms with Gasteiger partial charge in [0.25, 0.3) is 5.91 Å². The lowest BCUT2D eigenvalue weighted by Gasteiger charge is -2.31. The van der Waals surface area contributed by atoms with Crippen molar-refractivity contribution in [1.29, 1.82) is 5.26 Å². The van der Waals surface area contributed by atoms with Gasteiger partial charge in [0.15, 0.2) is 0 Å². The maximum atomic E-state index is 12.3. The van der Waals surface area contributed by atoms with Crippen molar-refractivity contribution in [2.75, 3.05) is 23.3 Å². The van der Waals surface area contributed by atoms with Crippen LogP contribution in [0.4, 0.5) is 30.5 Å². The zero-order valence-corrected chi connectivity index (χ0v) is 18.1. The predicted molar refractivity (Wildman–Crippen MR) is 119 cm³/mol. The minimum absolute atomic E-state index is 0.0153. The van der Waals surface area contributed by atoms with Crippen molar-refractivity contribution in [3.05, 3.63) is 70.8 Å². The average Bonchev–Trinajstić information content (AvgIpc) is 2.82. The number of hydrogen-bond acceptors (Lipinski definition) is 7. The number of aromatic nitrogens is 3. The van der Waals surface area contributed by atoms with Gasteiger partial charge in [0.1, 0.15) is 30.6 Å². The molecule has 0 atom stereocenters. The van der Waals surface area contributed by atoms with Gasteiger partial charge in [0.05, 0.1) is 29.1 Å². The molecule has 1 amide bonds. The molecule has 34 heavy (non-hydrogen) atoms. The van der Waals surface area contributed by atoms with Crippen molar-refractivity contribution >= 4 is 23.2 Å². The molecule has 3 heterocycles. The minimum atomic E-state index is -4.48. The normalized spacial score (nSPS) is 13.1. The summed E-state index contributed by atoms with van der Waals surface area (Å²) in [6.45, 7) is 1.71. The lowest BCUT2D eigenvalue weighted by Crippen LogP contribution is -2.33. The van der Waals surface area contributed by atoms with Gasteiger partial charge in [-0.3, -0.25) is 4.79 Å². The van der Waals surface area contributed by atoms with E-state index in [-0.39, 0.29) is 5.56 Å². The number of halogens is 3. The molecule has 0 saturated carbocycles. The van der Waals surface area contributed by atoms with Gasteiger partial charge in [-0.05, 0) is 43.2 Å². The third-order valence-corrected chi connectivity index (χ3v) is 5.34. The van der Waals surface area contributed by atoms with E-state index < -0.39 is 18.6 Å². The van der Waals surface area contributed by atoms with Gasteiger partial charge >= 0.3 is 6.18 Å². The first-order valence-corrected chi connectivity index (χ1v) is 10.4. The highest BCUT2D eigenvalue weighted by Crippen LogP contribution is 2.30. The van der Waals surface area contributed by atoms with E-state index in [4.69, 9.17) is 0 Å². The summed E-state index contributed by atoms with van der Waals surface area (Å²) in [6.07, 6.45) is -1.22. The molecule has 1 aliphatic rings. The molecule has 0 spiro atoms. The van der Waals surface area contributed by atoms with E-state index in [1.165, 1.54) is 24.7 Å². The number of rotatable bonds is 5. The number of alkyl halides is 3. The van der Waals surface area contributed by atoms with Crippen LogP contribution in [0.3, 0.4) is 0 Å². The Balaban J connectivity index is 1.47. The van der Waals surface area contributed by atoms with Gasteiger partial charge in [0.2, 0.25) is 0 Å². The summed E-state index contributed by atoms with van der Waals surface area (Å²) >= 11 is 0. The molecule has 0 aliphatic carbocycles. The molecule has 0 unspecified atom stereocenters. The monoisotopic (exact) mass is 467 g/mol. The Bertz CT molecular complexity index is 1250. The maximum Gasteiger partial charge on any atom is 0.405 e. The number of benzene rings is 1. The standard InChI is InChI=1S/C23H20F3N7O/c1-14-2-4-19(16(8-14)9-27)33-7-6-17-18(11-33)30-13-31-21(17)32-20-5-3-15(10-28-20)22(34)29-12-23(24,25)26/h2-5,8,10,13H,6-7,11-12H2,1H3,(H,29,34)(H,28,30,31,32). The second-order valence-electron chi connectivity index (χ2n) is 7.81. The van der Waals surface area contributed by atoms with E-state index in [1.807, 2.05) is 30.4 Å². The molecule has 2 N–H and O–H groups in total. The average molecular weight is 467 g/mol. The van der Waals surface area contributed by atoms with Crippen LogP contribution in [0.5, 0.6) is 0 Å². The quantitative estimate of drug-likeness (QED) is 0.590. The number of hydrogen-bond donors (Lipinski definition) is 2. The van der Waals surface area contributed by atoms with Crippen LogP contribution in [0, 0.1) is 18.3 Å². The summed E-state index contributed by atoms with van der Waals surface area (Å²) in [5.74, 6) is 0.0977. The van der Waals surface area contributed by atoms with E-state index in [0.29, 0.717) is 36.7 Å². The van der Waals surface area contributed by atoms with Gasteiger partial charge in [-0.15, -0.1) is 0 Å². The Morgan fingerprint density at radius 1 is 1.21 bits per heavy atom. The second kappa shape index (κ2) is 9.35. The highest BCUT2D eigenvalue weighted by atomic mass is 19.4. The van der Waals surface area contributed by atoms with Crippen LogP contribution in [-0.2, 0) is 13.0 Å². The predicted octanol–water partition coefficient (Wildman–Crippen LogP) is 3.65. The number of nitrogens with one attached hydrogen (secondary N) is 2. The molecular weight excluding hydrogens is 447 g/mol. The fourth-order valence-electron chi connectivity index (χ4n) is 3.69. The number of carbonyl (C=O) groups is 1. The van der Waals surface area contributed by atoms with Crippen LogP contribution in [-0.4, -0.2) is 40.1 Å². The van der Waals surface area contributed by atoms with Gasteiger partial charge in [-0.25, -0.2) is 15.0 Å². The Morgan fingerprint density at radius 2 is 2.03 bits per heavy atom. The molecule has 0 fully saturated rings. The fourth-order valence-corrected chi connectivity index (χ4v) is 3.69. The van der Waals surface area contributed by atoms with Crippen LogP contribution in [0.1, 0.15) is 32.7 Å². The zero-order chi connectivity index (χ0) is 24.3. The minimum Gasteiger partial charge on any atom is -0.364 e. The van der Waals surface area contributed by atoms with Gasteiger partial charge in [-0.1, -0.05) is 6.07 Å². The van der Waals surface area contributed by atoms with Crippen LogP contribution >= 0.6 is 0 Å². The van der Waals surface area contributed by atoms with E-state index in [9.17, 15) is 23.2 Å². The first-order valence-electron chi connectivity index (χ1n) is 10.4. The Labute approximate surface area is 193 Å². The highest BCUT2D eigenvalue weighted by Gasteiger charge is 2.28. The molecule has 0 bridgehead atoms. The van der Waals surface area contributed by atoms with Crippen LogP contribution in [0.15, 0.2) is 42.9 Å². The third kappa shape index (κ3) is 5.23. The first-order chi connectivity index (χ1) is 16.2. The molecule has 1 aliphatic heterocycles. The van der Waals surface area contributed by atoms with Crippen molar-refractivity contribution in [3.8, 4) is 6.07 Å². The largest absolute Gasteiger partial charge is 0.405 e. The maximum absolute atomic E-state index is 12.3. The molecule has 3 aromatic rings. The van der Waals surface area contributed by atoms with Gasteiger partial charge in [0, 0.05) is 18.3 Å². The number of carbonyl (C=O) groups excluding carboxylic acids is 1. The summed E-state index contributed by atoms with van der Waals surface area (Å²) in [5, 5.41) is 14.4. The number of pyridine rings is 1. The molecular formula is C23H20F3N7O. The van der Waals surface area contributed by atoms with E-state index in [0.717, 1.165) is 22.5 Å². The Hall–Kier alpha value is -4.20. The van der Waals surface area contributed by atoms with Crippen molar-refractivity contribution in [2.45, 2.75) is 26.1 Å². The number of anilines is 3. The van der Waals surface area contributed by atoms with E-state index in [1.54, 1.807) is 0 Å². The Morgan fingerprint density at radius 3 is 2.74 bits per heavy atom. The molecule has 0 saturated heterocycles. The second-order valence-corrected chi connectivity index (χ2v) is 7.81. The van der Waals surface area contributed by atoms with Gasteiger partial charge in [-0.2, -0.15) is 18.4 Å². The van der Waals surface area contributed by atoms with E-state index >= 15 is 0 Å². The Kier molecular flexibility index (Phi) is 6.32. The van der Waals surface area contributed by atoms with Crippen molar-refractivity contribution < 1.29 is 18.0 Å². The van der Waals surface area contributed by atoms with Gasteiger partial charge < -0.3 is 15.5 Å². The third-order valence-electron chi connectivity index (χ3n) is 5.34. The van der Waals surface area contributed by atoms with Crippen molar-refractivity contribution in [1.82, 2.24) is 20.3 Å². The lowest BCUT2D eigenvalue weighted by molar-refractivity contribution is -0.123. The molecule has 174 valence electrons. The summed E-state index contributed by atoms with van der Waals surface area (Å²) in [7, 11) is 0. The van der Waals surface area contributed by atoms with Crippen molar-refractivity contribution in [3.63, 3.8) is 0 Å². The van der Waals surface area contributed by atoms with Crippen LogP contribution in [0.2, 0.25) is 0 Å². The molecule has 2 aromatic heterocycles. The summed E-state index contributed by atoms with van der Waals surface area (Å²) in [5.41, 5.74) is 4.23. The number of nitrogens with zero attached hydrogens (tertiary/aromatic N) is 5. The molecule has 1 aromatic carbocycles. The number of aryl methyl sites for hydroxylation is 1. The topological polar surface area (TPSA) is 107 Å². The highest BCUT2D eigenvalue weighted by molar-refractivity contribution is 5.94. The number of fused-ring (bicyclic) bond motifs is 1.